The zero-order valence-corrected chi connectivity index (χ0v) is 14.0. The molecule has 23 heavy (non-hydrogen) atoms. The van der Waals surface area contributed by atoms with E-state index in [2.05, 4.69) is 16.4 Å². The van der Waals surface area contributed by atoms with E-state index in [0.29, 0.717) is 32.3 Å². The summed E-state index contributed by atoms with van der Waals surface area (Å²) in [7, 11) is 1.65. The van der Waals surface area contributed by atoms with Gasteiger partial charge in [-0.05, 0) is 31.4 Å². The lowest BCUT2D eigenvalue weighted by molar-refractivity contribution is 0.0676. The van der Waals surface area contributed by atoms with E-state index >= 15 is 0 Å². The van der Waals surface area contributed by atoms with E-state index in [1.165, 1.54) is 0 Å². The van der Waals surface area contributed by atoms with E-state index in [1.54, 1.807) is 7.11 Å². The van der Waals surface area contributed by atoms with E-state index in [0.717, 1.165) is 36.3 Å². The third kappa shape index (κ3) is 6.08. The van der Waals surface area contributed by atoms with Gasteiger partial charge in [-0.2, -0.15) is 0 Å². The molecule has 1 aliphatic rings. The van der Waals surface area contributed by atoms with Gasteiger partial charge in [-0.3, -0.25) is 0 Å². The van der Waals surface area contributed by atoms with Crippen molar-refractivity contribution in [2.45, 2.75) is 32.4 Å². The number of benzene rings is 1. The molecule has 1 aromatic carbocycles. The van der Waals surface area contributed by atoms with Crippen molar-refractivity contribution in [3.8, 4) is 5.75 Å². The number of nitrogens with zero attached hydrogens (tertiary/aromatic N) is 1. The lowest BCUT2D eigenvalue weighted by Gasteiger charge is -2.15. The van der Waals surface area contributed by atoms with Crippen molar-refractivity contribution >= 4 is 5.96 Å². The third-order valence-electron chi connectivity index (χ3n) is 3.70. The molecule has 0 amide bonds. The standard InChI is InChI=1S/C17H27N3O3/c1-13-5-6-14(11-20-17(18)19-7-9-21-2)16(10-13)23-12-15-4-3-8-22-15/h5-6,10,15H,3-4,7-9,11-12H2,1-2H3,(H3,18,19,20). The monoisotopic (exact) mass is 321 g/mol. The normalized spacial score (nSPS) is 18.2. The number of methoxy groups -OCH3 is 1. The summed E-state index contributed by atoms with van der Waals surface area (Å²) < 4.78 is 16.5. The lowest BCUT2D eigenvalue weighted by atomic mass is 10.1. The van der Waals surface area contributed by atoms with Crippen molar-refractivity contribution in [1.29, 1.82) is 0 Å². The Morgan fingerprint density at radius 1 is 1.48 bits per heavy atom. The molecule has 6 heteroatoms. The Kier molecular flexibility index (Phi) is 7.16. The molecule has 1 fully saturated rings. The SMILES string of the molecule is COCCNC(N)=NCc1ccc(C)cc1OCC1CCCO1. The Bertz CT molecular complexity index is 514. The number of nitrogens with two attached hydrogens (primary N) is 1. The molecule has 1 aromatic rings. The number of rotatable bonds is 8. The van der Waals surface area contributed by atoms with Gasteiger partial charge in [0.15, 0.2) is 5.96 Å². The van der Waals surface area contributed by atoms with E-state index < -0.39 is 0 Å². The van der Waals surface area contributed by atoms with Gasteiger partial charge >= 0.3 is 0 Å². The van der Waals surface area contributed by atoms with Crippen LogP contribution in [-0.4, -0.2) is 45.5 Å². The van der Waals surface area contributed by atoms with Crippen molar-refractivity contribution in [2.75, 3.05) is 33.5 Å². The number of aliphatic imine (C=N–C) groups is 1. The average Bonchev–Trinajstić information content (AvgIpc) is 3.05. The van der Waals surface area contributed by atoms with E-state index in [4.69, 9.17) is 19.9 Å². The molecule has 1 heterocycles. The van der Waals surface area contributed by atoms with Crippen LogP contribution in [0.15, 0.2) is 23.2 Å². The number of aryl methyl sites for hydroxylation is 1. The highest BCUT2D eigenvalue weighted by molar-refractivity contribution is 5.77. The fraction of sp³-hybridized carbons (Fsp3) is 0.588. The molecular formula is C17H27N3O3. The second-order valence-electron chi connectivity index (χ2n) is 5.68. The van der Waals surface area contributed by atoms with Crippen LogP contribution in [0, 0.1) is 6.92 Å². The minimum atomic E-state index is 0.202. The maximum atomic E-state index is 5.96. The summed E-state index contributed by atoms with van der Waals surface area (Å²) in [6.07, 6.45) is 2.38. The van der Waals surface area contributed by atoms with Gasteiger partial charge in [-0.25, -0.2) is 4.99 Å². The van der Waals surface area contributed by atoms with Gasteiger partial charge in [0.25, 0.3) is 0 Å². The Balaban J connectivity index is 1.92. The summed E-state index contributed by atoms with van der Waals surface area (Å²) >= 11 is 0. The number of guanidine groups is 1. The molecule has 0 aromatic heterocycles. The summed E-state index contributed by atoms with van der Waals surface area (Å²) in [5.74, 6) is 1.27. The molecule has 1 saturated heterocycles. The third-order valence-corrected chi connectivity index (χ3v) is 3.70. The first-order valence-corrected chi connectivity index (χ1v) is 8.05. The molecule has 1 aliphatic heterocycles. The van der Waals surface area contributed by atoms with Crippen molar-refractivity contribution in [1.82, 2.24) is 5.32 Å². The number of ether oxygens (including phenoxy) is 3. The number of hydrogen-bond acceptors (Lipinski definition) is 4. The molecular weight excluding hydrogens is 294 g/mol. The van der Waals surface area contributed by atoms with Crippen molar-refractivity contribution in [3.63, 3.8) is 0 Å². The van der Waals surface area contributed by atoms with Gasteiger partial charge in [-0.1, -0.05) is 12.1 Å². The topological polar surface area (TPSA) is 78.1 Å². The summed E-state index contributed by atoms with van der Waals surface area (Å²) in [6.45, 7) is 5.18. The maximum Gasteiger partial charge on any atom is 0.189 e. The van der Waals surface area contributed by atoms with Crippen LogP contribution in [0.1, 0.15) is 24.0 Å². The maximum absolute atomic E-state index is 5.96. The number of nitrogens with one attached hydrogen (secondary N) is 1. The van der Waals surface area contributed by atoms with Gasteiger partial charge < -0.3 is 25.3 Å². The van der Waals surface area contributed by atoms with E-state index in [9.17, 15) is 0 Å². The summed E-state index contributed by atoms with van der Waals surface area (Å²) in [6, 6.07) is 6.12. The van der Waals surface area contributed by atoms with Gasteiger partial charge in [0.1, 0.15) is 12.4 Å². The molecule has 1 atom stereocenters. The zero-order valence-electron chi connectivity index (χ0n) is 14.0. The van der Waals surface area contributed by atoms with Gasteiger partial charge in [-0.15, -0.1) is 0 Å². The van der Waals surface area contributed by atoms with Crippen LogP contribution in [0.25, 0.3) is 0 Å². The van der Waals surface area contributed by atoms with Crippen LogP contribution < -0.4 is 15.8 Å². The highest BCUT2D eigenvalue weighted by Crippen LogP contribution is 2.23. The molecule has 1 unspecified atom stereocenters. The predicted molar refractivity (Wildman–Crippen MR) is 90.9 cm³/mol. The molecule has 6 nitrogen and oxygen atoms in total. The molecule has 0 radical (unpaired) electrons. The first kappa shape index (κ1) is 17.6. The van der Waals surface area contributed by atoms with Crippen molar-refractivity contribution in [3.05, 3.63) is 29.3 Å². The molecule has 0 saturated carbocycles. The highest BCUT2D eigenvalue weighted by atomic mass is 16.5. The Morgan fingerprint density at radius 2 is 2.35 bits per heavy atom. The second kappa shape index (κ2) is 9.37. The Labute approximate surface area is 138 Å². The van der Waals surface area contributed by atoms with Crippen LogP contribution >= 0.6 is 0 Å². The fourth-order valence-electron chi connectivity index (χ4n) is 2.39. The van der Waals surface area contributed by atoms with Crippen molar-refractivity contribution < 1.29 is 14.2 Å². The van der Waals surface area contributed by atoms with Crippen LogP contribution in [0.2, 0.25) is 0 Å². The Hall–Kier alpha value is -1.79. The number of hydrogen-bond donors (Lipinski definition) is 2. The molecule has 2 rings (SSSR count). The largest absolute Gasteiger partial charge is 0.491 e. The molecule has 0 aliphatic carbocycles. The minimum absolute atomic E-state index is 0.202. The first-order valence-electron chi connectivity index (χ1n) is 8.05. The van der Waals surface area contributed by atoms with Gasteiger partial charge in [0, 0.05) is 25.8 Å². The van der Waals surface area contributed by atoms with Gasteiger partial charge in [0.2, 0.25) is 0 Å². The lowest BCUT2D eigenvalue weighted by Crippen LogP contribution is -2.34. The molecule has 0 bridgehead atoms. The van der Waals surface area contributed by atoms with E-state index in [1.807, 2.05) is 19.1 Å². The highest BCUT2D eigenvalue weighted by Gasteiger charge is 2.16. The fourth-order valence-corrected chi connectivity index (χ4v) is 2.39. The minimum Gasteiger partial charge on any atom is -0.491 e. The zero-order chi connectivity index (χ0) is 16.5. The second-order valence-corrected chi connectivity index (χ2v) is 5.68. The predicted octanol–water partition coefficient (Wildman–Crippen LogP) is 1.60. The summed E-state index contributed by atoms with van der Waals surface area (Å²) in [4.78, 5) is 4.35. The van der Waals surface area contributed by atoms with Crippen LogP contribution in [0.4, 0.5) is 0 Å². The van der Waals surface area contributed by atoms with Crippen LogP contribution in [-0.2, 0) is 16.0 Å². The Morgan fingerprint density at radius 3 is 3.09 bits per heavy atom. The smallest absolute Gasteiger partial charge is 0.189 e. The summed E-state index contributed by atoms with van der Waals surface area (Å²) in [5.41, 5.74) is 8.02. The van der Waals surface area contributed by atoms with Crippen LogP contribution in [0.5, 0.6) is 5.75 Å². The summed E-state index contributed by atoms with van der Waals surface area (Å²) in [5, 5.41) is 3.00. The molecule has 128 valence electrons. The average molecular weight is 321 g/mol. The van der Waals surface area contributed by atoms with Crippen LogP contribution in [0.3, 0.4) is 0 Å². The first-order chi connectivity index (χ1) is 11.2. The molecule has 0 spiro atoms. The quantitative estimate of drug-likeness (QED) is 0.432. The van der Waals surface area contributed by atoms with Gasteiger partial charge in [0.05, 0.1) is 19.3 Å². The molecule has 3 N–H and O–H groups in total. The van der Waals surface area contributed by atoms with Crippen molar-refractivity contribution in [2.24, 2.45) is 10.7 Å². The van der Waals surface area contributed by atoms with E-state index in [-0.39, 0.29) is 6.10 Å².